The van der Waals surface area contributed by atoms with Crippen LogP contribution in [0.5, 0.6) is 0 Å². The summed E-state index contributed by atoms with van der Waals surface area (Å²) in [5.41, 5.74) is 1.80. The predicted octanol–water partition coefficient (Wildman–Crippen LogP) is 3.99. The van der Waals surface area contributed by atoms with Gasteiger partial charge in [0.2, 0.25) is 0 Å². The molecule has 1 aliphatic carbocycles. The van der Waals surface area contributed by atoms with Crippen molar-refractivity contribution in [3.8, 4) is 0 Å². The van der Waals surface area contributed by atoms with E-state index in [1.807, 2.05) is 0 Å². The molecule has 21 heavy (non-hydrogen) atoms. The van der Waals surface area contributed by atoms with Gasteiger partial charge in [-0.25, -0.2) is 0 Å². The van der Waals surface area contributed by atoms with Crippen LogP contribution in [-0.2, 0) is 0 Å². The second-order valence-electron chi connectivity index (χ2n) is 7.82. The van der Waals surface area contributed by atoms with Crippen molar-refractivity contribution in [2.75, 3.05) is 13.1 Å². The molecule has 3 rings (SSSR count). The highest BCUT2D eigenvalue weighted by molar-refractivity contribution is 5.21. The van der Waals surface area contributed by atoms with Crippen molar-refractivity contribution in [1.29, 1.82) is 0 Å². The number of hydrogen-bond acceptors (Lipinski definition) is 2. The van der Waals surface area contributed by atoms with E-state index >= 15 is 0 Å². The number of nitrogens with zero attached hydrogens (tertiary/aromatic N) is 1. The largest absolute Gasteiger partial charge is 0.307 e. The summed E-state index contributed by atoms with van der Waals surface area (Å²) in [7, 11) is 0. The molecule has 1 saturated heterocycles. The number of likely N-dealkylation sites (tertiary alicyclic amines) is 1. The Labute approximate surface area is 129 Å². The van der Waals surface area contributed by atoms with Gasteiger partial charge in [0.1, 0.15) is 0 Å². The van der Waals surface area contributed by atoms with E-state index in [9.17, 15) is 0 Å². The number of piperidine rings is 1. The van der Waals surface area contributed by atoms with E-state index in [-0.39, 0.29) is 0 Å². The summed E-state index contributed by atoms with van der Waals surface area (Å²) in [5, 5.41) is 3.98. The molecular weight excluding hydrogens is 256 g/mol. The van der Waals surface area contributed by atoms with Crippen molar-refractivity contribution in [1.82, 2.24) is 10.2 Å². The zero-order valence-corrected chi connectivity index (χ0v) is 13.8. The number of benzene rings is 1. The fraction of sp³-hybridized carbons (Fsp3) is 0.684. The van der Waals surface area contributed by atoms with Crippen molar-refractivity contribution in [3.63, 3.8) is 0 Å². The van der Waals surface area contributed by atoms with Crippen molar-refractivity contribution < 1.29 is 0 Å². The lowest BCUT2D eigenvalue weighted by Gasteiger charge is -2.42. The average Bonchev–Trinajstić information content (AvgIpc) is 3.30. The van der Waals surface area contributed by atoms with Crippen LogP contribution in [-0.4, -0.2) is 29.6 Å². The Morgan fingerprint density at radius 1 is 1.00 bits per heavy atom. The first-order chi connectivity index (χ1) is 10.0. The van der Waals surface area contributed by atoms with Crippen LogP contribution in [0, 0.1) is 5.92 Å². The smallest absolute Gasteiger partial charge is 0.0351 e. The molecule has 2 nitrogen and oxygen atoms in total. The molecule has 2 fully saturated rings. The molecule has 1 aromatic rings. The fourth-order valence-electron chi connectivity index (χ4n) is 3.57. The Balaban J connectivity index is 1.58. The highest BCUT2D eigenvalue weighted by Crippen LogP contribution is 2.41. The third kappa shape index (κ3) is 3.87. The van der Waals surface area contributed by atoms with Gasteiger partial charge in [-0.05, 0) is 57.9 Å². The molecule has 0 radical (unpaired) electrons. The first-order valence-corrected chi connectivity index (χ1v) is 8.60. The van der Waals surface area contributed by atoms with E-state index in [1.54, 1.807) is 0 Å². The Bertz CT molecular complexity index is 436. The van der Waals surface area contributed by atoms with E-state index < -0.39 is 0 Å². The summed E-state index contributed by atoms with van der Waals surface area (Å²) >= 11 is 0. The molecule has 2 aliphatic rings. The third-order valence-electron chi connectivity index (χ3n) is 5.11. The maximum absolute atomic E-state index is 3.98. The quantitative estimate of drug-likeness (QED) is 0.900. The fourth-order valence-corrected chi connectivity index (χ4v) is 3.57. The molecule has 2 heteroatoms. The number of nitrogens with one attached hydrogen (secondary N) is 1. The Hall–Kier alpha value is -0.860. The maximum atomic E-state index is 3.98. The highest BCUT2D eigenvalue weighted by Gasteiger charge is 2.35. The van der Waals surface area contributed by atoms with Gasteiger partial charge in [-0.3, -0.25) is 4.90 Å². The third-order valence-corrected chi connectivity index (χ3v) is 5.11. The molecular formula is C19H30N2. The summed E-state index contributed by atoms with van der Waals surface area (Å²) in [5.74, 6) is 0.869. The van der Waals surface area contributed by atoms with Crippen molar-refractivity contribution in [2.45, 2.75) is 64.1 Å². The summed E-state index contributed by atoms with van der Waals surface area (Å²) in [6.45, 7) is 9.45. The van der Waals surface area contributed by atoms with Gasteiger partial charge in [0.25, 0.3) is 0 Å². The Morgan fingerprint density at radius 2 is 1.62 bits per heavy atom. The van der Waals surface area contributed by atoms with Gasteiger partial charge >= 0.3 is 0 Å². The van der Waals surface area contributed by atoms with Gasteiger partial charge in [-0.15, -0.1) is 0 Å². The van der Waals surface area contributed by atoms with Gasteiger partial charge < -0.3 is 5.32 Å². The van der Waals surface area contributed by atoms with Gasteiger partial charge in [-0.2, -0.15) is 0 Å². The van der Waals surface area contributed by atoms with Gasteiger partial charge in [0.15, 0.2) is 0 Å². The molecule has 1 heterocycles. The monoisotopic (exact) mass is 286 g/mol. The minimum Gasteiger partial charge on any atom is -0.307 e. The van der Waals surface area contributed by atoms with E-state index in [0.29, 0.717) is 17.6 Å². The van der Waals surface area contributed by atoms with Gasteiger partial charge in [0, 0.05) is 30.7 Å². The molecule has 0 amide bonds. The zero-order chi connectivity index (χ0) is 14.9. The first-order valence-electron chi connectivity index (χ1n) is 8.60. The highest BCUT2D eigenvalue weighted by atomic mass is 15.2. The summed E-state index contributed by atoms with van der Waals surface area (Å²) in [6, 6.07) is 12.3. The minimum absolute atomic E-state index is 0.320. The summed E-state index contributed by atoms with van der Waals surface area (Å²) < 4.78 is 0. The van der Waals surface area contributed by atoms with Crippen LogP contribution in [0.1, 0.15) is 58.1 Å². The summed E-state index contributed by atoms with van der Waals surface area (Å²) in [6.07, 6.45) is 5.36. The number of hydrogen-bond donors (Lipinski definition) is 1. The molecule has 116 valence electrons. The van der Waals surface area contributed by atoms with Crippen LogP contribution in [0.25, 0.3) is 0 Å². The molecule has 0 aromatic heterocycles. The van der Waals surface area contributed by atoms with Crippen LogP contribution < -0.4 is 5.32 Å². The SMILES string of the molecule is CC(C)(C)N1CCC(NC(c2ccccc2)C2CC2)CC1. The molecule has 1 aromatic carbocycles. The lowest BCUT2D eigenvalue weighted by atomic mass is 9.95. The minimum atomic E-state index is 0.320. The van der Waals surface area contributed by atoms with E-state index in [2.05, 4.69) is 61.3 Å². The normalized spacial score (nSPS) is 23.2. The molecule has 0 spiro atoms. The van der Waals surface area contributed by atoms with Crippen LogP contribution in [0.3, 0.4) is 0 Å². The number of rotatable bonds is 4. The first kappa shape index (κ1) is 15.1. The second kappa shape index (κ2) is 6.10. The zero-order valence-electron chi connectivity index (χ0n) is 13.8. The summed E-state index contributed by atoms with van der Waals surface area (Å²) in [4.78, 5) is 2.62. The average molecular weight is 286 g/mol. The molecule has 0 bridgehead atoms. The lowest BCUT2D eigenvalue weighted by Crippen LogP contribution is -2.50. The van der Waals surface area contributed by atoms with Crippen LogP contribution in [0.2, 0.25) is 0 Å². The maximum Gasteiger partial charge on any atom is 0.0351 e. The predicted molar refractivity (Wildman–Crippen MR) is 89.4 cm³/mol. The standard InChI is InChI=1S/C19H30N2/c1-19(2,3)21-13-11-17(12-14-21)20-18(16-9-10-16)15-7-5-4-6-8-15/h4-8,16-18,20H,9-14H2,1-3H3. The molecule has 1 unspecified atom stereocenters. The van der Waals surface area contributed by atoms with Gasteiger partial charge in [0.05, 0.1) is 0 Å². The Kier molecular flexibility index (Phi) is 4.37. The van der Waals surface area contributed by atoms with Crippen LogP contribution >= 0.6 is 0 Å². The topological polar surface area (TPSA) is 15.3 Å². The Morgan fingerprint density at radius 3 is 2.14 bits per heavy atom. The lowest BCUT2D eigenvalue weighted by molar-refractivity contribution is 0.0929. The van der Waals surface area contributed by atoms with E-state index in [0.717, 1.165) is 5.92 Å². The van der Waals surface area contributed by atoms with E-state index in [1.165, 1.54) is 44.3 Å². The van der Waals surface area contributed by atoms with Gasteiger partial charge in [-0.1, -0.05) is 30.3 Å². The van der Waals surface area contributed by atoms with Crippen molar-refractivity contribution >= 4 is 0 Å². The molecule has 1 N–H and O–H groups in total. The van der Waals surface area contributed by atoms with Crippen molar-refractivity contribution in [3.05, 3.63) is 35.9 Å². The van der Waals surface area contributed by atoms with Crippen molar-refractivity contribution in [2.24, 2.45) is 5.92 Å². The second-order valence-corrected chi connectivity index (χ2v) is 7.82. The van der Waals surface area contributed by atoms with Crippen LogP contribution in [0.15, 0.2) is 30.3 Å². The molecule has 1 saturated carbocycles. The van der Waals surface area contributed by atoms with Crippen LogP contribution in [0.4, 0.5) is 0 Å². The van der Waals surface area contributed by atoms with E-state index in [4.69, 9.17) is 0 Å². The molecule has 1 aliphatic heterocycles. The molecule has 1 atom stereocenters.